The number of methoxy groups -OCH3 is 1. The maximum atomic E-state index is 14.9. The highest BCUT2D eigenvalue weighted by molar-refractivity contribution is 6.06. The zero-order valence-corrected chi connectivity index (χ0v) is 18.8. The average molecular weight is 486 g/mol. The van der Waals surface area contributed by atoms with Crippen LogP contribution in [0.25, 0.3) is 5.69 Å². The second kappa shape index (κ2) is 9.97. The number of carbonyl (C=O) groups excluding carboxylic acids is 2. The minimum absolute atomic E-state index is 0.0148. The number of hydrogen-bond donors (Lipinski definition) is 2. The number of carbonyl (C=O) groups is 2. The van der Waals surface area contributed by atoms with Crippen molar-refractivity contribution in [1.29, 1.82) is 0 Å². The lowest BCUT2D eigenvalue weighted by Gasteiger charge is -2.35. The normalized spacial score (nSPS) is 15.9. The molecule has 2 heterocycles. The molecule has 9 nitrogen and oxygen atoms in total. The Hall–Kier alpha value is -4.19. The standard InChI is InChI=1S/C23H21F3N6O3/c1-13-20(22(33)29-15-4-5-16(24)17(25)10-15)21(30-23(34)31(13)7-8-35-2)14-3-6-19(18(26)9-14)32-12-27-11-28-32/h3-6,9-12,21H,7-8H2,1-2H3,(H,29,33)(H,30,34)/t21-/m1/s1. The number of hydrogen-bond acceptors (Lipinski definition) is 5. The van der Waals surface area contributed by atoms with Gasteiger partial charge < -0.3 is 15.4 Å². The van der Waals surface area contributed by atoms with E-state index in [4.69, 9.17) is 4.74 Å². The molecule has 0 saturated heterocycles. The fraction of sp³-hybridized carbons (Fsp3) is 0.217. The highest BCUT2D eigenvalue weighted by atomic mass is 19.2. The average Bonchev–Trinajstić information content (AvgIpc) is 3.35. The largest absolute Gasteiger partial charge is 0.383 e. The van der Waals surface area contributed by atoms with Crippen LogP contribution in [0.2, 0.25) is 0 Å². The number of amides is 3. The Morgan fingerprint density at radius 2 is 1.94 bits per heavy atom. The summed E-state index contributed by atoms with van der Waals surface area (Å²) in [6.07, 6.45) is 2.59. The Morgan fingerprint density at radius 3 is 2.60 bits per heavy atom. The summed E-state index contributed by atoms with van der Waals surface area (Å²) >= 11 is 0. The van der Waals surface area contributed by atoms with Gasteiger partial charge in [-0.1, -0.05) is 6.07 Å². The smallest absolute Gasteiger partial charge is 0.322 e. The van der Waals surface area contributed by atoms with E-state index in [2.05, 4.69) is 20.7 Å². The summed E-state index contributed by atoms with van der Waals surface area (Å²) in [5.41, 5.74) is 0.834. The molecule has 1 aromatic heterocycles. The minimum atomic E-state index is -1.13. The number of rotatable bonds is 7. The van der Waals surface area contributed by atoms with Crippen molar-refractivity contribution in [1.82, 2.24) is 25.0 Å². The van der Waals surface area contributed by atoms with Crippen LogP contribution in [-0.2, 0) is 9.53 Å². The second-order valence-corrected chi connectivity index (χ2v) is 7.66. The van der Waals surface area contributed by atoms with Gasteiger partial charge in [0.2, 0.25) is 0 Å². The van der Waals surface area contributed by atoms with Crippen LogP contribution in [0, 0.1) is 17.5 Å². The fourth-order valence-corrected chi connectivity index (χ4v) is 3.77. The third-order valence-corrected chi connectivity index (χ3v) is 5.51. The van der Waals surface area contributed by atoms with E-state index in [1.807, 2.05) is 0 Å². The molecular formula is C23H21F3N6O3. The summed E-state index contributed by atoms with van der Waals surface area (Å²) in [5, 5.41) is 9.14. The molecule has 0 saturated carbocycles. The molecule has 1 atom stereocenters. The molecule has 35 heavy (non-hydrogen) atoms. The molecule has 1 aliphatic heterocycles. The molecule has 0 aliphatic carbocycles. The van der Waals surface area contributed by atoms with E-state index >= 15 is 0 Å². The number of nitrogens with one attached hydrogen (secondary N) is 2. The van der Waals surface area contributed by atoms with E-state index in [1.165, 1.54) is 47.5 Å². The zero-order valence-electron chi connectivity index (χ0n) is 18.8. The van der Waals surface area contributed by atoms with Crippen molar-refractivity contribution in [3.63, 3.8) is 0 Å². The molecule has 0 bridgehead atoms. The molecule has 0 radical (unpaired) electrons. The minimum Gasteiger partial charge on any atom is -0.383 e. The van der Waals surface area contributed by atoms with Gasteiger partial charge in [0, 0.05) is 24.6 Å². The molecule has 0 unspecified atom stereocenters. The van der Waals surface area contributed by atoms with E-state index in [1.54, 1.807) is 13.0 Å². The van der Waals surface area contributed by atoms with Crippen LogP contribution >= 0.6 is 0 Å². The van der Waals surface area contributed by atoms with Gasteiger partial charge in [0.05, 0.1) is 24.8 Å². The summed E-state index contributed by atoms with van der Waals surface area (Å²) < 4.78 is 48.2. The highest BCUT2D eigenvalue weighted by Gasteiger charge is 2.36. The van der Waals surface area contributed by atoms with Gasteiger partial charge in [-0.25, -0.2) is 27.6 Å². The first-order valence-electron chi connectivity index (χ1n) is 10.5. The summed E-state index contributed by atoms with van der Waals surface area (Å²) in [4.78, 5) is 31.3. The van der Waals surface area contributed by atoms with Crippen LogP contribution in [0.4, 0.5) is 23.7 Å². The molecule has 2 N–H and O–H groups in total. The van der Waals surface area contributed by atoms with Gasteiger partial charge in [-0.2, -0.15) is 5.10 Å². The van der Waals surface area contributed by atoms with Gasteiger partial charge in [-0.15, -0.1) is 0 Å². The summed E-state index contributed by atoms with van der Waals surface area (Å²) in [6.45, 7) is 1.93. The fourth-order valence-electron chi connectivity index (χ4n) is 3.77. The molecule has 0 spiro atoms. The number of urea groups is 1. The molecule has 3 amide bonds. The predicted octanol–water partition coefficient (Wildman–Crippen LogP) is 3.31. The Kier molecular flexibility index (Phi) is 6.82. The van der Waals surface area contributed by atoms with Crippen LogP contribution in [0.15, 0.2) is 60.3 Å². The molecule has 3 aromatic rings. The predicted molar refractivity (Wildman–Crippen MR) is 119 cm³/mol. The lowest BCUT2D eigenvalue weighted by atomic mass is 9.93. The van der Waals surface area contributed by atoms with Crippen molar-refractivity contribution in [2.45, 2.75) is 13.0 Å². The molecule has 1 aliphatic rings. The summed E-state index contributed by atoms with van der Waals surface area (Å²) in [7, 11) is 1.47. The first kappa shape index (κ1) is 24.0. The maximum absolute atomic E-state index is 14.9. The SMILES string of the molecule is COCCN1C(=O)N[C@H](c2ccc(-n3cncn3)c(F)c2)C(C(=O)Nc2ccc(F)c(F)c2)=C1C. The van der Waals surface area contributed by atoms with E-state index in [0.717, 1.165) is 12.1 Å². The van der Waals surface area contributed by atoms with E-state index in [-0.39, 0.29) is 30.1 Å². The number of nitrogens with zero attached hydrogens (tertiary/aromatic N) is 4. The molecular weight excluding hydrogens is 465 g/mol. The first-order chi connectivity index (χ1) is 16.8. The van der Waals surface area contributed by atoms with Crippen LogP contribution in [0.3, 0.4) is 0 Å². The molecule has 12 heteroatoms. The third-order valence-electron chi connectivity index (χ3n) is 5.51. The lowest BCUT2D eigenvalue weighted by molar-refractivity contribution is -0.113. The van der Waals surface area contributed by atoms with E-state index in [9.17, 15) is 22.8 Å². The highest BCUT2D eigenvalue weighted by Crippen LogP contribution is 2.32. The summed E-state index contributed by atoms with van der Waals surface area (Å²) in [6, 6.07) is 5.59. The quantitative estimate of drug-likeness (QED) is 0.534. The van der Waals surface area contributed by atoms with Crippen molar-refractivity contribution in [3.8, 4) is 5.69 Å². The van der Waals surface area contributed by atoms with Gasteiger partial charge in [-0.05, 0) is 36.8 Å². The first-order valence-corrected chi connectivity index (χ1v) is 10.5. The van der Waals surface area contributed by atoms with Gasteiger partial charge in [-0.3, -0.25) is 9.69 Å². The van der Waals surface area contributed by atoms with Crippen molar-refractivity contribution in [2.75, 3.05) is 25.6 Å². The van der Waals surface area contributed by atoms with Crippen LogP contribution in [0.1, 0.15) is 18.5 Å². The van der Waals surface area contributed by atoms with Crippen molar-refractivity contribution in [2.24, 2.45) is 0 Å². The van der Waals surface area contributed by atoms with E-state index in [0.29, 0.717) is 11.3 Å². The van der Waals surface area contributed by atoms with Crippen molar-refractivity contribution >= 4 is 17.6 Å². The Bertz CT molecular complexity index is 1300. The monoisotopic (exact) mass is 486 g/mol. The number of ether oxygens (including phenoxy) is 1. The Labute approximate surface area is 198 Å². The Morgan fingerprint density at radius 1 is 1.14 bits per heavy atom. The number of benzene rings is 2. The molecule has 182 valence electrons. The third kappa shape index (κ3) is 4.87. The van der Waals surface area contributed by atoms with Gasteiger partial charge >= 0.3 is 6.03 Å². The molecule has 2 aromatic carbocycles. The Balaban J connectivity index is 1.73. The molecule has 4 rings (SSSR count). The van der Waals surface area contributed by atoms with Crippen LogP contribution in [-0.4, -0.2) is 51.9 Å². The zero-order chi connectivity index (χ0) is 25.1. The van der Waals surface area contributed by atoms with Gasteiger partial charge in [0.1, 0.15) is 24.2 Å². The van der Waals surface area contributed by atoms with Gasteiger partial charge in [0.15, 0.2) is 11.6 Å². The van der Waals surface area contributed by atoms with Crippen molar-refractivity contribution in [3.05, 3.63) is 83.3 Å². The number of anilines is 1. The number of halogens is 3. The van der Waals surface area contributed by atoms with Crippen molar-refractivity contribution < 1.29 is 27.5 Å². The van der Waals surface area contributed by atoms with Crippen LogP contribution < -0.4 is 10.6 Å². The summed E-state index contributed by atoms with van der Waals surface area (Å²) in [5.74, 6) is -3.52. The number of allylic oxidation sites excluding steroid dienone is 1. The topological polar surface area (TPSA) is 101 Å². The maximum Gasteiger partial charge on any atom is 0.322 e. The van der Waals surface area contributed by atoms with E-state index < -0.39 is 35.4 Å². The van der Waals surface area contributed by atoms with Gasteiger partial charge in [0.25, 0.3) is 5.91 Å². The van der Waals surface area contributed by atoms with Crippen LogP contribution in [0.5, 0.6) is 0 Å². The molecule has 0 fully saturated rings. The lowest BCUT2D eigenvalue weighted by Crippen LogP contribution is -2.49. The number of aromatic nitrogens is 3. The second-order valence-electron chi connectivity index (χ2n) is 7.66.